The van der Waals surface area contributed by atoms with Crippen LogP contribution in [0.5, 0.6) is 5.75 Å². The maximum Gasteiger partial charge on any atom is 0.341 e. The first-order chi connectivity index (χ1) is 27.3. The Morgan fingerprint density at radius 1 is 0.821 bits per heavy atom. The number of esters is 1. The van der Waals surface area contributed by atoms with Gasteiger partial charge in [-0.1, -0.05) is 80.1 Å². The van der Waals surface area contributed by atoms with E-state index in [0.717, 1.165) is 53.0 Å². The highest BCUT2D eigenvalue weighted by Gasteiger charge is 2.28. The van der Waals surface area contributed by atoms with E-state index in [9.17, 15) is 19.2 Å². The molecule has 0 bridgehead atoms. The van der Waals surface area contributed by atoms with E-state index in [1.807, 2.05) is 73.7 Å². The third-order valence-electron chi connectivity index (χ3n) is 9.14. The van der Waals surface area contributed by atoms with Crippen LogP contribution in [0.15, 0.2) is 120 Å². The molecule has 1 aliphatic carbocycles. The van der Waals surface area contributed by atoms with Gasteiger partial charge in [-0.25, -0.2) is 4.79 Å². The molecule has 3 amide bonds. The summed E-state index contributed by atoms with van der Waals surface area (Å²) in [4.78, 5) is 55.8. The van der Waals surface area contributed by atoms with Gasteiger partial charge in [0, 0.05) is 21.0 Å². The number of hydrogen-bond donors (Lipinski definition) is 3. The highest BCUT2D eigenvalue weighted by Crippen LogP contribution is 2.39. The second-order valence-corrected chi connectivity index (χ2v) is 15.6. The summed E-state index contributed by atoms with van der Waals surface area (Å²) < 4.78 is 11.3. The fourth-order valence-electron chi connectivity index (χ4n) is 6.28. The van der Waals surface area contributed by atoms with Crippen LogP contribution < -0.4 is 20.7 Å². The fourth-order valence-corrected chi connectivity index (χ4v) is 8.58. The topological polar surface area (TPSA) is 123 Å². The Kier molecular flexibility index (Phi) is 14.1. The van der Waals surface area contributed by atoms with Crippen molar-refractivity contribution in [3.8, 4) is 5.75 Å². The van der Waals surface area contributed by atoms with Gasteiger partial charge in [-0.05, 0) is 104 Å². The number of nitrogens with one attached hydrogen (secondary N) is 3. The van der Waals surface area contributed by atoms with Crippen LogP contribution in [0.1, 0.15) is 81.8 Å². The van der Waals surface area contributed by atoms with E-state index in [2.05, 4.69) is 16.0 Å². The van der Waals surface area contributed by atoms with Crippen molar-refractivity contribution >= 4 is 63.6 Å². The quantitative estimate of drug-likeness (QED) is 0.0418. The highest BCUT2D eigenvalue weighted by atomic mass is 32.2. The van der Waals surface area contributed by atoms with Crippen LogP contribution in [-0.2, 0) is 33.8 Å². The molecule has 3 N–H and O–H groups in total. The Morgan fingerprint density at radius 3 is 2.29 bits per heavy atom. The summed E-state index contributed by atoms with van der Waals surface area (Å²) in [5.41, 5.74) is 4.17. The standard InChI is InChI=1S/C45H45N3O6S2/c1-3-38(43(51)48-44-40(45(52)53-4-2)36-21-12-7-13-22-39(36)56-44)55-35-20-14-19-33(28-35)46-42(50)37(47-41(49)32-17-10-6-11-18-32)27-30-23-25-34(26-24-30)54-29-31-15-8-5-9-16-31/h5-6,8-11,14-20,23-28,38H,3-4,7,12-13,21-22,29H2,1-2H3,(H,46,50)(H,47,49)(H,48,51)/b37-27+. The van der Waals surface area contributed by atoms with E-state index >= 15 is 0 Å². The number of benzene rings is 4. The van der Waals surface area contributed by atoms with Gasteiger partial charge in [0.15, 0.2) is 0 Å². The molecule has 6 rings (SSSR count). The molecule has 0 aliphatic heterocycles. The smallest absolute Gasteiger partial charge is 0.341 e. The number of thiophene rings is 1. The monoisotopic (exact) mass is 787 g/mol. The van der Waals surface area contributed by atoms with Gasteiger partial charge >= 0.3 is 5.97 Å². The Labute approximate surface area is 335 Å². The molecule has 1 heterocycles. The first kappa shape index (κ1) is 40.0. The average molecular weight is 788 g/mol. The number of fused-ring (bicyclic) bond motifs is 1. The van der Waals surface area contributed by atoms with E-state index in [1.54, 1.807) is 55.5 Å². The lowest BCUT2D eigenvalue weighted by Gasteiger charge is -2.16. The Morgan fingerprint density at radius 2 is 1.55 bits per heavy atom. The third-order valence-corrected chi connectivity index (χ3v) is 11.7. The minimum absolute atomic E-state index is 0.0485. The van der Waals surface area contributed by atoms with Gasteiger partial charge in [-0.3, -0.25) is 14.4 Å². The molecule has 56 heavy (non-hydrogen) atoms. The molecule has 288 valence electrons. The van der Waals surface area contributed by atoms with Crippen molar-refractivity contribution in [1.82, 2.24) is 5.32 Å². The van der Waals surface area contributed by atoms with Gasteiger partial charge in [0.25, 0.3) is 11.8 Å². The summed E-state index contributed by atoms with van der Waals surface area (Å²) in [7, 11) is 0. The summed E-state index contributed by atoms with van der Waals surface area (Å²) in [6.45, 7) is 4.39. The normalized spacial score (nSPS) is 13.1. The molecule has 0 saturated heterocycles. The highest BCUT2D eigenvalue weighted by molar-refractivity contribution is 8.00. The zero-order chi connectivity index (χ0) is 39.3. The zero-order valence-electron chi connectivity index (χ0n) is 31.5. The first-order valence-corrected chi connectivity index (χ1v) is 20.6. The van der Waals surface area contributed by atoms with Crippen LogP contribution in [0.2, 0.25) is 0 Å². The molecule has 0 fully saturated rings. The summed E-state index contributed by atoms with van der Waals surface area (Å²) in [6.07, 6.45) is 6.98. The van der Waals surface area contributed by atoms with Crippen molar-refractivity contribution in [2.75, 3.05) is 17.2 Å². The van der Waals surface area contributed by atoms with Gasteiger partial charge in [0.05, 0.1) is 17.4 Å². The summed E-state index contributed by atoms with van der Waals surface area (Å²) in [6, 6.07) is 33.0. The molecule has 1 aliphatic rings. The van der Waals surface area contributed by atoms with Crippen molar-refractivity contribution in [3.63, 3.8) is 0 Å². The third kappa shape index (κ3) is 10.8. The Bertz CT molecular complexity index is 2170. The summed E-state index contributed by atoms with van der Waals surface area (Å²) in [5.74, 6) is -0.884. The summed E-state index contributed by atoms with van der Waals surface area (Å²) >= 11 is 2.85. The van der Waals surface area contributed by atoms with Crippen molar-refractivity contribution in [1.29, 1.82) is 0 Å². The van der Waals surface area contributed by atoms with Gasteiger partial charge in [0.1, 0.15) is 23.1 Å². The molecule has 1 atom stereocenters. The molecule has 9 nitrogen and oxygen atoms in total. The van der Waals surface area contributed by atoms with Gasteiger partial charge in [-0.15, -0.1) is 23.1 Å². The molecular formula is C45H45N3O6S2. The fraction of sp³-hybridized carbons (Fsp3) is 0.244. The molecule has 1 unspecified atom stereocenters. The average Bonchev–Trinajstić information content (AvgIpc) is 3.39. The van der Waals surface area contributed by atoms with Crippen molar-refractivity contribution < 1.29 is 28.7 Å². The maximum atomic E-state index is 13.8. The number of ether oxygens (including phenoxy) is 2. The number of amides is 3. The maximum absolute atomic E-state index is 13.8. The van der Waals surface area contributed by atoms with Crippen LogP contribution in [0.4, 0.5) is 10.7 Å². The van der Waals surface area contributed by atoms with Gasteiger partial charge in [-0.2, -0.15) is 0 Å². The second kappa shape index (κ2) is 19.8. The van der Waals surface area contributed by atoms with Crippen molar-refractivity contribution in [2.24, 2.45) is 0 Å². The zero-order valence-corrected chi connectivity index (χ0v) is 33.1. The molecule has 0 radical (unpaired) electrons. The summed E-state index contributed by atoms with van der Waals surface area (Å²) in [5, 5.41) is 8.85. The number of rotatable bonds is 15. The van der Waals surface area contributed by atoms with Crippen molar-refractivity contribution in [2.45, 2.75) is 69.1 Å². The van der Waals surface area contributed by atoms with Crippen LogP contribution in [0.3, 0.4) is 0 Å². The second-order valence-electron chi connectivity index (χ2n) is 13.2. The van der Waals surface area contributed by atoms with Crippen LogP contribution >= 0.6 is 23.1 Å². The van der Waals surface area contributed by atoms with Gasteiger partial charge in [0.2, 0.25) is 5.91 Å². The van der Waals surface area contributed by atoms with E-state index in [-0.39, 0.29) is 18.2 Å². The van der Waals surface area contributed by atoms with E-state index in [0.29, 0.717) is 46.2 Å². The molecule has 0 saturated carbocycles. The number of aryl methyl sites for hydroxylation is 1. The lowest BCUT2D eigenvalue weighted by Crippen LogP contribution is -2.30. The predicted molar refractivity (Wildman–Crippen MR) is 224 cm³/mol. The van der Waals surface area contributed by atoms with Crippen LogP contribution in [0, 0.1) is 0 Å². The number of anilines is 2. The Balaban J connectivity index is 1.16. The molecule has 4 aromatic carbocycles. The lowest BCUT2D eigenvalue weighted by molar-refractivity contribution is -0.116. The van der Waals surface area contributed by atoms with E-state index < -0.39 is 23.0 Å². The van der Waals surface area contributed by atoms with Gasteiger partial charge < -0.3 is 25.4 Å². The Hall–Kier alpha value is -5.65. The molecule has 0 spiro atoms. The van der Waals surface area contributed by atoms with Crippen LogP contribution in [0.25, 0.3) is 6.08 Å². The number of carbonyl (C=O) groups excluding carboxylic acids is 4. The molecule has 1 aromatic heterocycles. The molecule has 11 heteroatoms. The number of hydrogen-bond acceptors (Lipinski definition) is 8. The first-order valence-electron chi connectivity index (χ1n) is 18.9. The minimum atomic E-state index is -0.519. The number of carbonyl (C=O) groups is 4. The number of thioether (sulfide) groups is 1. The predicted octanol–water partition coefficient (Wildman–Crippen LogP) is 9.69. The largest absolute Gasteiger partial charge is 0.489 e. The lowest BCUT2D eigenvalue weighted by atomic mass is 10.1. The van der Waals surface area contributed by atoms with E-state index in [1.165, 1.54) is 23.1 Å². The molecular weight excluding hydrogens is 743 g/mol. The van der Waals surface area contributed by atoms with Crippen LogP contribution in [-0.4, -0.2) is 35.5 Å². The minimum Gasteiger partial charge on any atom is -0.489 e. The van der Waals surface area contributed by atoms with Crippen molar-refractivity contribution in [3.05, 3.63) is 148 Å². The SMILES string of the molecule is CCOC(=O)c1c(NC(=O)C(CC)Sc2cccc(NC(=O)/C(=C\c3ccc(OCc4ccccc4)cc3)NC(=O)c3ccccc3)c2)sc2c1CCCCC2. The molecule has 5 aromatic rings. The van der Waals surface area contributed by atoms with E-state index in [4.69, 9.17) is 9.47 Å².